The smallest absolute Gasteiger partial charge is 0.0172 e. The number of hydrogen-bond acceptors (Lipinski definition) is 1. The van der Waals surface area contributed by atoms with E-state index in [2.05, 4.69) is 45.9 Å². The average molecular weight is 189 g/mol. The first kappa shape index (κ1) is 9.72. The Morgan fingerprint density at radius 2 is 1.57 bits per heavy atom. The van der Waals surface area contributed by atoms with E-state index in [1.54, 1.807) is 0 Å². The summed E-state index contributed by atoms with van der Waals surface area (Å²) in [6.07, 6.45) is 0. The van der Waals surface area contributed by atoms with Gasteiger partial charge in [0, 0.05) is 12.0 Å². The fourth-order valence-electron chi connectivity index (χ4n) is 2.55. The van der Waals surface area contributed by atoms with Crippen LogP contribution in [0.3, 0.4) is 0 Å². The van der Waals surface area contributed by atoms with Gasteiger partial charge in [0.1, 0.15) is 0 Å². The fraction of sp³-hybridized carbons (Fsp3) is 0.538. The molecule has 0 amide bonds. The first-order valence-electron chi connectivity index (χ1n) is 5.28. The molecule has 14 heavy (non-hydrogen) atoms. The summed E-state index contributed by atoms with van der Waals surface area (Å²) < 4.78 is 0. The summed E-state index contributed by atoms with van der Waals surface area (Å²) in [7, 11) is 0. The monoisotopic (exact) mass is 189 g/mol. The summed E-state index contributed by atoms with van der Waals surface area (Å²) in [5, 5.41) is 0. The highest BCUT2D eigenvalue weighted by Gasteiger charge is 2.56. The van der Waals surface area contributed by atoms with Gasteiger partial charge < -0.3 is 5.73 Å². The minimum absolute atomic E-state index is 0.289. The number of hydrogen-bond donors (Lipinski definition) is 1. The molecule has 2 N–H and O–H groups in total. The third-order valence-corrected chi connectivity index (χ3v) is 3.76. The van der Waals surface area contributed by atoms with Crippen LogP contribution in [0.15, 0.2) is 18.2 Å². The Hall–Kier alpha value is -0.820. The Morgan fingerprint density at radius 3 is 1.93 bits per heavy atom. The third-order valence-electron chi connectivity index (χ3n) is 3.76. The highest BCUT2D eigenvalue weighted by molar-refractivity contribution is 5.44. The molecular weight excluding hydrogens is 170 g/mol. The van der Waals surface area contributed by atoms with E-state index in [-0.39, 0.29) is 5.41 Å². The third kappa shape index (κ3) is 1.19. The molecule has 1 aromatic rings. The quantitative estimate of drug-likeness (QED) is 0.722. The summed E-state index contributed by atoms with van der Waals surface area (Å²) in [5.41, 5.74) is 10.6. The molecular formula is C13H19N. The largest absolute Gasteiger partial charge is 0.327 e. The van der Waals surface area contributed by atoms with Crippen molar-refractivity contribution in [1.82, 2.24) is 0 Å². The first-order valence-corrected chi connectivity index (χ1v) is 5.28. The van der Waals surface area contributed by atoms with Crippen molar-refractivity contribution in [2.75, 3.05) is 0 Å². The SMILES string of the molecule is Cc1cccc(C)c1[C@@H]1[C@@H](N)C1(C)C. The lowest BCUT2D eigenvalue weighted by atomic mass is 9.95. The van der Waals surface area contributed by atoms with Gasteiger partial charge in [0.25, 0.3) is 0 Å². The van der Waals surface area contributed by atoms with Crippen LogP contribution in [0.2, 0.25) is 0 Å². The molecule has 0 aromatic heterocycles. The van der Waals surface area contributed by atoms with Crippen LogP contribution < -0.4 is 5.73 Å². The Labute approximate surface area is 86.3 Å². The van der Waals surface area contributed by atoms with Crippen LogP contribution >= 0.6 is 0 Å². The molecule has 0 spiro atoms. The van der Waals surface area contributed by atoms with Crippen LogP contribution in [0.25, 0.3) is 0 Å². The number of rotatable bonds is 1. The molecule has 1 nitrogen and oxygen atoms in total. The molecule has 0 bridgehead atoms. The molecule has 1 aliphatic carbocycles. The second kappa shape index (κ2) is 2.83. The topological polar surface area (TPSA) is 26.0 Å². The normalized spacial score (nSPS) is 28.9. The van der Waals surface area contributed by atoms with Gasteiger partial charge in [-0.15, -0.1) is 0 Å². The maximum absolute atomic E-state index is 6.11. The molecule has 1 heteroatoms. The van der Waals surface area contributed by atoms with E-state index in [4.69, 9.17) is 5.73 Å². The molecule has 1 saturated carbocycles. The summed E-state index contributed by atoms with van der Waals surface area (Å²) in [5.74, 6) is 0.559. The van der Waals surface area contributed by atoms with Crippen LogP contribution in [-0.4, -0.2) is 6.04 Å². The Morgan fingerprint density at radius 1 is 1.14 bits per heavy atom. The predicted octanol–water partition coefficient (Wildman–Crippen LogP) is 2.75. The van der Waals surface area contributed by atoms with Crippen molar-refractivity contribution in [3.05, 3.63) is 34.9 Å². The zero-order chi connectivity index (χ0) is 10.5. The van der Waals surface area contributed by atoms with E-state index in [0.717, 1.165) is 0 Å². The second-order valence-corrected chi connectivity index (χ2v) is 5.13. The number of aryl methyl sites for hydroxylation is 2. The van der Waals surface area contributed by atoms with Crippen LogP contribution in [-0.2, 0) is 0 Å². The van der Waals surface area contributed by atoms with Crippen LogP contribution in [0.1, 0.15) is 36.5 Å². The van der Waals surface area contributed by atoms with Crippen LogP contribution in [0.5, 0.6) is 0 Å². The maximum Gasteiger partial charge on any atom is 0.0172 e. The lowest BCUT2D eigenvalue weighted by Gasteiger charge is -2.10. The van der Waals surface area contributed by atoms with Gasteiger partial charge in [-0.2, -0.15) is 0 Å². The molecule has 1 fully saturated rings. The molecule has 0 unspecified atom stereocenters. The molecule has 0 aliphatic heterocycles. The molecule has 2 rings (SSSR count). The summed E-state index contributed by atoms with van der Waals surface area (Å²) in [6, 6.07) is 6.82. The van der Waals surface area contributed by atoms with Crippen molar-refractivity contribution < 1.29 is 0 Å². The van der Waals surface area contributed by atoms with E-state index < -0.39 is 0 Å². The van der Waals surface area contributed by atoms with Crippen molar-refractivity contribution in [1.29, 1.82) is 0 Å². The van der Waals surface area contributed by atoms with E-state index in [9.17, 15) is 0 Å². The molecule has 0 heterocycles. The van der Waals surface area contributed by atoms with Gasteiger partial charge in [0.15, 0.2) is 0 Å². The van der Waals surface area contributed by atoms with Crippen molar-refractivity contribution in [2.24, 2.45) is 11.1 Å². The standard InChI is InChI=1S/C13H19N/c1-8-6-5-7-9(2)10(8)11-12(14)13(11,3)4/h5-7,11-12H,14H2,1-4H3/t11-,12-/m1/s1. The Kier molecular flexibility index (Phi) is 1.97. The number of benzene rings is 1. The van der Waals surface area contributed by atoms with E-state index in [0.29, 0.717) is 12.0 Å². The molecule has 2 atom stereocenters. The highest BCUT2D eigenvalue weighted by Crippen LogP contribution is 2.58. The van der Waals surface area contributed by atoms with Gasteiger partial charge in [-0.25, -0.2) is 0 Å². The summed E-state index contributed by atoms with van der Waals surface area (Å²) in [6.45, 7) is 8.88. The first-order chi connectivity index (χ1) is 6.46. The molecule has 1 aliphatic rings. The van der Waals surface area contributed by atoms with Crippen molar-refractivity contribution >= 4 is 0 Å². The summed E-state index contributed by atoms with van der Waals surface area (Å²) in [4.78, 5) is 0. The van der Waals surface area contributed by atoms with Gasteiger partial charge in [-0.3, -0.25) is 0 Å². The Bertz CT molecular complexity index is 345. The second-order valence-electron chi connectivity index (χ2n) is 5.13. The van der Waals surface area contributed by atoms with Crippen molar-refractivity contribution in [2.45, 2.75) is 39.7 Å². The van der Waals surface area contributed by atoms with E-state index >= 15 is 0 Å². The summed E-state index contributed by atoms with van der Waals surface area (Å²) >= 11 is 0. The highest BCUT2D eigenvalue weighted by atomic mass is 14.8. The molecule has 0 saturated heterocycles. The van der Waals surface area contributed by atoms with Crippen molar-refractivity contribution in [3.8, 4) is 0 Å². The average Bonchev–Trinajstić information content (AvgIpc) is 2.54. The predicted molar refractivity (Wildman–Crippen MR) is 60.4 cm³/mol. The zero-order valence-corrected chi connectivity index (χ0v) is 9.46. The lowest BCUT2D eigenvalue weighted by molar-refractivity contribution is 0.598. The van der Waals surface area contributed by atoms with E-state index in [1.165, 1.54) is 16.7 Å². The minimum atomic E-state index is 0.289. The van der Waals surface area contributed by atoms with Gasteiger partial charge in [-0.05, 0) is 36.0 Å². The zero-order valence-electron chi connectivity index (χ0n) is 9.46. The van der Waals surface area contributed by atoms with Gasteiger partial charge >= 0.3 is 0 Å². The van der Waals surface area contributed by atoms with Crippen LogP contribution in [0.4, 0.5) is 0 Å². The molecule has 76 valence electrons. The van der Waals surface area contributed by atoms with Crippen molar-refractivity contribution in [3.63, 3.8) is 0 Å². The van der Waals surface area contributed by atoms with Gasteiger partial charge in [0.2, 0.25) is 0 Å². The Balaban J connectivity index is 2.44. The molecule has 1 aromatic carbocycles. The number of nitrogens with two attached hydrogens (primary N) is 1. The minimum Gasteiger partial charge on any atom is -0.327 e. The molecule has 0 radical (unpaired) electrons. The fourth-order valence-corrected chi connectivity index (χ4v) is 2.55. The van der Waals surface area contributed by atoms with Gasteiger partial charge in [-0.1, -0.05) is 32.0 Å². The van der Waals surface area contributed by atoms with Gasteiger partial charge in [0.05, 0.1) is 0 Å². The maximum atomic E-state index is 6.11. The lowest BCUT2D eigenvalue weighted by Crippen LogP contribution is -2.06. The van der Waals surface area contributed by atoms with E-state index in [1.807, 2.05) is 0 Å². The van der Waals surface area contributed by atoms with Crippen LogP contribution in [0, 0.1) is 19.3 Å².